The molecule has 1 aromatic heterocycles. The Morgan fingerprint density at radius 1 is 0.833 bits per heavy atom. The molecule has 1 aliphatic rings. The van der Waals surface area contributed by atoms with Gasteiger partial charge in [-0.1, -0.05) is 18.2 Å². The molecule has 36 heavy (non-hydrogen) atoms. The molecular formula is C27H24N4O5. The van der Waals surface area contributed by atoms with Gasteiger partial charge in [0, 0.05) is 41.5 Å². The molecule has 2 amide bonds. The van der Waals surface area contributed by atoms with Crippen molar-refractivity contribution < 1.29 is 18.9 Å². The molecule has 3 aromatic carbocycles. The average molecular weight is 485 g/mol. The summed E-state index contributed by atoms with van der Waals surface area (Å²) >= 11 is 0. The molecule has 5 rings (SSSR count). The fourth-order valence-electron chi connectivity index (χ4n) is 4.34. The van der Waals surface area contributed by atoms with Gasteiger partial charge in [-0.15, -0.1) is 0 Å². The zero-order valence-electron chi connectivity index (χ0n) is 19.4. The maximum atomic E-state index is 12.8. The standard InChI is InChI=1S/C27H24N4O5/c32-26(19-8-13-22(23(16-19)31(34)35)30-14-4-1-5-15-30)28-20-9-11-21(12-10-20)29-27(33)25-17-18-6-2-3-7-24(18)36-25/h2-3,6-13,16-17H,1,4-5,14-15H2,(H,28,32)(H,29,33). The number of furan rings is 1. The van der Waals surface area contributed by atoms with E-state index in [-0.39, 0.29) is 22.9 Å². The van der Waals surface area contributed by atoms with Gasteiger partial charge < -0.3 is 20.0 Å². The van der Waals surface area contributed by atoms with Crippen LogP contribution in [0.1, 0.15) is 40.2 Å². The van der Waals surface area contributed by atoms with Crippen LogP contribution in [0.2, 0.25) is 0 Å². The van der Waals surface area contributed by atoms with Crippen molar-refractivity contribution in [1.82, 2.24) is 0 Å². The summed E-state index contributed by atoms with van der Waals surface area (Å²) < 4.78 is 5.58. The van der Waals surface area contributed by atoms with Gasteiger partial charge in [0.15, 0.2) is 5.76 Å². The van der Waals surface area contributed by atoms with E-state index in [1.165, 1.54) is 6.07 Å². The lowest BCUT2D eigenvalue weighted by atomic mass is 10.1. The van der Waals surface area contributed by atoms with Crippen LogP contribution in [-0.2, 0) is 0 Å². The first-order valence-electron chi connectivity index (χ1n) is 11.7. The quantitative estimate of drug-likeness (QED) is 0.262. The van der Waals surface area contributed by atoms with Crippen LogP contribution in [0, 0.1) is 10.1 Å². The highest BCUT2D eigenvalue weighted by Crippen LogP contribution is 2.31. The van der Waals surface area contributed by atoms with Crippen LogP contribution in [0.25, 0.3) is 11.0 Å². The van der Waals surface area contributed by atoms with Gasteiger partial charge in [0.25, 0.3) is 17.5 Å². The molecule has 182 valence electrons. The summed E-state index contributed by atoms with van der Waals surface area (Å²) in [4.78, 5) is 38.5. The Hall–Kier alpha value is -4.66. The van der Waals surface area contributed by atoms with Crippen LogP contribution in [0.3, 0.4) is 0 Å². The minimum atomic E-state index is -0.456. The number of carbonyl (C=O) groups is 2. The molecule has 2 N–H and O–H groups in total. The number of nitrogens with one attached hydrogen (secondary N) is 2. The van der Waals surface area contributed by atoms with E-state index in [2.05, 4.69) is 10.6 Å². The first-order chi connectivity index (χ1) is 17.5. The highest BCUT2D eigenvalue weighted by Gasteiger charge is 2.23. The molecule has 1 saturated heterocycles. The molecule has 0 unspecified atom stereocenters. The molecule has 0 radical (unpaired) electrons. The van der Waals surface area contributed by atoms with Crippen molar-refractivity contribution in [2.75, 3.05) is 28.6 Å². The van der Waals surface area contributed by atoms with Crippen molar-refractivity contribution in [3.05, 3.63) is 94.2 Å². The Balaban J connectivity index is 1.25. The Bertz CT molecular complexity index is 1410. The number of fused-ring (bicyclic) bond motifs is 1. The maximum Gasteiger partial charge on any atom is 0.293 e. The maximum absolute atomic E-state index is 12.8. The minimum Gasteiger partial charge on any atom is -0.451 e. The van der Waals surface area contributed by atoms with E-state index >= 15 is 0 Å². The second-order valence-electron chi connectivity index (χ2n) is 8.64. The fourth-order valence-corrected chi connectivity index (χ4v) is 4.34. The van der Waals surface area contributed by atoms with E-state index < -0.39 is 10.8 Å². The zero-order chi connectivity index (χ0) is 25.1. The first kappa shape index (κ1) is 23.1. The Morgan fingerprint density at radius 3 is 2.17 bits per heavy atom. The number of carbonyl (C=O) groups excluding carboxylic acids is 2. The summed E-state index contributed by atoms with van der Waals surface area (Å²) in [5.41, 5.74) is 2.31. The third-order valence-electron chi connectivity index (χ3n) is 6.18. The van der Waals surface area contributed by atoms with Crippen LogP contribution in [0.15, 0.2) is 77.2 Å². The third kappa shape index (κ3) is 4.90. The molecule has 9 nitrogen and oxygen atoms in total. The molecule has 0 saturated carbocycles. The van der Waals surface area contributed by atoms with Gasteiger partial charge in [-0.05, 0) is 67.8 Å². The molecule has 1 aliphatic heterocycles. The van der Waals surface area contributed by atoms with E-state index in [1.54, 1.807) is 48.5 Å². The van der Waals surface area contributed by atoms with Crippen molar-refractivity contribution in [2.45, 2.75) is 19.3 Å². The van der Waals surface area contributed by atoms with Crippen molar-refractivity contribution in [3.63, 3.8) is 0 Å². The van der Waals surface area contributed by atoms with Gasteiger partial charge in [0.1, 0.15) is 11.3 Å². The molecule has 0 bridgehead atoms. The molecule has 4 aromatic rings. The van der Waals surface area contributed by atoms with Crippen LogP contribution in [0.4, 0.5) is 22.7 Å². The van der Waals surface area contributed by atoms with E-state index in [9.17, 15) is 19.7 Å². The van der Waals surface area contributed by atoms with Crippen LogP contribution >= 0.6 is 0 Å². The molecule has 2 heterocycles. The van der Waals surface area contributed by atoms with Gasteiger partial charge in [-0.25, -0.2) is 0 Å². The first-order valence-corrected chi connectivity index (χ1v) is 11.7. The number of rotatable bonds is 6. The lowest BCUT2D eigenvalue weighted by molar-refractivity contribution is -0.384. The summed E-state index contributed by atoms with van der Waals surface area (Å²) in [5.74, 6) is -0.644. The smallest absolute Gasteiger partial charge is 0.293 e. The average Bonchev–Trinajstić information content (AvgIpc) is 3.34. The Kier molecular flexibility index (Phi) is 6.36. The van der Waals surface area contributed by atoms with E-state index in [4.69, 9.17) is 4.42 Å². The number of nitro groups is 1. The molecular weight excluding hydrogens is 460 g/mol. The van der Waals surface area contributed by atoms with Crippen molar-refractivity contribution in [3.8, 4) is 0 Å². The molecule has 0 aliphatic carbocycles. The topological polar surface area (TPSA) is 118 Å². The van der Waals surface area contributed by atoms with Gasteiger partial charge in [-0.2, -0.15) is 0 Å². The lowest BCUT2D eigenvalue weighted by Gasteiger charge is -2.28. The molecule has 9 heteroatoms. The number of nitrogens with zero attached hydrogens (tertiary/aromatic N) is 2. The monoisotopic (exact) mass is 484 g/mol. The van der Waals surface area contributed by atoms with E-state index in [0.717, 1.165) is 37.7 Å². The molecule has 0 spiro atoms. The summed E-state index contributed by atoms with van der Waals surface area (Å²) in [6.45, 7) is 1.54. The van der Waals surface area contributed by atoms with E-state index in [0.29, 0.717) is 22.6 Å². The van der Waals surface area contributed by atoms with Gasteiger partial charge in [-0.3, -0.25) is 19.7 Å². The second-order valence-corrected chi connectivity index (χ2v) is 8.64. The fraction of sp³-hybridized carbons (Fsp3) is 0.185. The van der Waals surface area contributed by atoms with Crippen molar-refractivity contribution >= 4 is 45.5 Å². The molecule has 0 atom stereocenters. The second kappa shape index (κ2) is 9.91. The van der Waals surface area contributed by atoms with Crippen molar-refractivity contribution in [2.24, 2.45) is 0 Å². The Morgan fingerprint density at radius 2 is 1.50 bits per heavy atom. The molecule has 1 fully saturated rings. The number of amides is 2. The van der Waals surface area contributed by atoms with E-state index in [1.807, 2.05) is 23.1 Å². The number of anilines is 3. The largest absolute Gasteiger partial charge is 0.451 e. The van der Waals surface area contributed by atoms with Crippen LogP contribution < -0.4 is 15.5 Å². The van der Waals surface area contributed by atoms with Crippen LogP contribution in [0.5, 0.6) is 0 Å². The third-order valence-corrected chi connectivity index (χ3v) is 6.18. The Labute approximate surface area is 206 Å². The summed E-state index contributed by atoms with van der Waals surface area (Å²) in [5, 5.41) is 18.0. The van der Waals surface area contributed by atoms with Gasteiger partial charge >= 0.3 is 0 Å². The number of nitro benzene ring substituents is 1. The normalized spacial score (nSPS) is 13.4. The van der Waals surface area contributed by atoms with Gasteiger partial charge in [0.2, 0.25) is 0 Å². The predicted octanol–water partition coefficient (Wildman–Crippen LogP) is 5.84. The number of para-hydroxylation sites is 1. The van der Waals surface area contributed by atoms with Crippen LogP contribution in [-0.4, -0.2) is 29.8 Å². The summed E-state index contributed by atoms with van der Waals surface area (Å²) in [7, 11) is 0. The number of piperidine rings is 1. The lowest BCUT2D eigenvalue weighted by Crippen LogP contribution is -2.30. The number of benzene rings is 3. The highest BCUT2D eigenvalue weighted by molar-refractivity contribution is 6.06. The number of hydrogen-bond acceptors (Lipinski definition) is 6. The minimum absolute atomic E-state index is 0.0757. The summed E-state index contributed by atoms with van der Waals surface area (Å²) in [6, 6.07) is 20.2. The zero-order valence-corrected chi connectivity index (χ0v) is 19.4. The SMILES string of the molecule is O=C(Nc1ccc(NC(=O)c2cc3ccccc3o2)cc1)c1ccc(N2CCCCC2)c([N+](=O)[O-])c1. The highest BCUT2D eigenvalue weighted by atomic mass is 16.6. The van der Waals surface area contributed by atoms with Gasteiger partial charge in [0.05, 0.1) is 4.92 Å². The number of hydrogen-bond donors (Lipinski definition) is 2. The van der Waals surface area contributed by atoms with Crippen molar-refractivity contribution in [1.29, 1.82) is 0 Å². The summed E-state index contributed by atoms with van der Waals surface area (Å²) in [6.07, 6.45) is 3.11. The predicted molar refractivity (Wildman–Crippen MR) is 138 cm³/mol.